The lowest BCUT2D eigenvalue weighted by Crippen LogP contribution is -1.94. The number of hydrogen-bond acceptors (Lipinski definition) is 2. The van der Waals surface area contributed by atoms with Crippen LogP contribution in [0.1, 0.15) is 11.1 Å². The second-order valence-corrected chi connectivity index (χ2v) is 13.1. The van der Waals surface area contributed by atoms with Gasteiger partial charge in [-0.25, -0.2) is 0 Å². The average molecular weight is 625 g/mol. The Kier molecular flexibility index (Phi) is 5.47. The molecule has 10 aromatic rings. The standard InChI is InChI=1S/C47H28O2/c1-2-13-28(14-3-1)42-27-30-26-40(45-38-21-10-11-24-41(38)48-47(45)46(30)49-42)44-35-19-8-6-17-33(35)43(34-18-7-9-20-36(34)44)37-23-12-22-32-31-16-5-4-15-29(31)25-39(32)37/h1-24,26-27H,25H2. The van der Waals surface area contributed by atoms with Crippen molar-refractivity contribution in [2.45, 2.75) is 6.42 Å². The largest absolute Gasteiger partial charge is 0.452 e. The van der Waals surface area contributed by atoms with E-state index in [4.69, 9.17) is 8.83 Å². The number of benzene rings is 8. The van der Waals surface area contributed by atoms with Crippen molar-refractivity contribution in [2.75, 3.05) is 0 Å². The normalized spacial score (nSPS) is 12.4. The average Bonchev–Trinajstić information content (AvgIpc) is 3.88. The Morgan fingerprint density at radius 3 is 1.76 bits per heavy atom. The lowest BCUT2D eigenvalue weighted by atomic mass is 9.83. The summed E-state index contributed by atoms with van der Waals surface area (Å²) >= 11 is 0. The Bertz CT molecular complexity index is 2900. The van der Waals surface area contributed by atoms with Crippen molar-refractivity contribution in [1.29, 1.82) is 0 Å². The second kappa shape index (κ2) is 10.1. The maximum atomic E-state index is 6.68. The minimum atomic E-state index is 0.776. The van der Waals surface area contributed by atoms with Crippen LogP contribution in [-0.4, -0.2) is 0 Å². The van der Waals surface area contributed by atoms with Gasteiger partial charge in [0.15, 0.2) is 11.2 Å². The van der Waals surface area contributed by atoms with Crippen molar-refractivity contribution < 1.29 is 8.83 Å². The lowest BCUT2D eigenvalue weighted by Gasteiger charge is -2.20. The summed E-state index contributed by atoms with van der Waals surface area (Å²) in [6.45, 7) is 0. The molecule has 2 heterocycles. The number of fused-ring (bicyclic) bond motifs is 10. The van der Waals surface area contributed by atoms with Gasteiger partial charge in [-0.2, -0.15) is 0 Å². The van der Waals surface area contributed by atoms with Crippen LogP contribution in [0.5, 0.6) is 0 Å². The highest BCUT2D eigenvalue weighted by Gasteiger charge is 2.26. The first kappa shape index (κ1) is 26.7. The lowest BCUT2D eigenvalue weighted by molar-refractivity contribution is 0.611. The van der Waals surface area contributed by atoms with Crippen LogP contribution in [0, 0.1) is 0 Å². The third kappa shape index (κ3) is 3.77. The monoisotopic (exact) mass is 624 g/mol. The van der Waals surface area contributed by atoms with Crippen LogP contribution in [-0.2, 0) is 6.42 Å². The fourth-order valence-electron chi connectivity index (χ4n) is 8.43. The van der Waals surface area contributed by atoms with Gasteiger partial charge >= 0.3 is 0 Å². The van der Waals surface area contributed by atoms with Gasteiger partial charge in [-0.05, 0) is 90.7 Å². The van der Waals surface area contributed by atoms with Crippen molar-refractivity contribution in [3.05, 3.63) is 169 Å². The van der Waals surface area contributed by atoms with Gasteiger partial charge in [0.05, 0.1) is 0 Å². The molecule has 0 atom stereocenters. The molecule has 2 heteroatoms. The molecule has 8 aromatic carbocycles. The van der Waals surface area contributed by atoms with Gasteiger partial charge in [0, 0.05) is 21.7 Å². The molecular formula is C47H28O2. The molecule has 2 aromatic heterocycles. The van der Waals surface area contributed by atoms with Crippen LogP contribution in [0.15, 0.2) is 167 Å². The van der Waals surface area contributed by atoms with Gasteiger partial charge in [0.25, 0.3) is 0 Å². The summed E-state index contributed by atoms with van der Waals surface area (Å²) in [6.07, 6.45) is 0.939. The van der Waals surface area contributed by atoms with Gasteiger partial charge in [-0.3, -0.25) is 0 Å². The molecule has 0 saturated heterocycles. The van der Waals surface area contributed by atoms with Gasteiger partial charge in [-0.15, -0.1) is 0 Å². The number of rotatable bonds is 3. The zero-order chi connectivity index (χ0) is 32.1. The summed E-state index contributed by atoms with van der Waals surface area (Å²) in [7, 11) is 0. The summed E-state index contributed by atoms with van der Waals surface area (Å²) < 4.78 is 13.3. The third-order valence-electron chi connectivity index (χ3n) is 10.5. The van der Waals surface area contributed by atoms with Gasteiger partial charge < -0.3 is 8.83 Å². The molecule has 0 saturated carbocycles. The molecule has 0 radical (unpaired) electrons. The van der Waals surface area contributed by atoms with Crippen LogP contribution < -0.4 is 0 Å². The summed E-state index contributed by atoms with van der Waals surface area (Å²) in [5.74, 6) is 0.832. The van der Waals surface area contributed by atoms with Crippen LogP contribution in [0.2, 0.25) is 0 Å². The highest BCUT2D eigenvalue weighted by molar-refractivity contribution is 6.28. The number of furan rings is 2. The summed E-state index contributed by atoms with van der Waals surface area (Å²) in [5, 5.41) is 8.14. The van der Waals surface area contributed by atoms with Crippen LogP contribution in [0.3, 0.4) is 0 Å². The molecule has 11 rings (SSSR count). The molecule has 2 nitrogen and oxygen atoms in total. The molecule has 1 aliphatic rings. The maximum absolute atomic E-state index is 6.68. The van der Waals surface area contributed by atoms with Crippen molar-refractivity contribution in [1.82, 2.24) is 0 Å². The fourth-order valence-corrected chi connectivity index (χ4v) is 8.43. The van der Waals surface area contributed by atoms with E-state index in [2.05, 4.69) is 133 Å². The molecule has 0 N–H and O–H groups in total. The van der Waals surface area contributed by atoms with E-state index in [-0.39, 0.29) is 0 Å². The third-order valence-corrected chi connectivity index (χ3v) is 10.5. The molecule has 0 unspecified atom stereocenters. The second-order valence-electron chi connectivity index (χ2n) is 13.1. The molecule has 1 aliphatic carbocycles. The first-order valence-electron chi connectivity index (χ1n) is 16.9. The SMILES string of the molecule is c1ccc(-c2cc3cc(-c4c5ccccc5c(-c5cccc6c5Cc5ccccc5-6)c5ccccc45)c4c5ccccc5oc4c3o2)cc1. The van der Waals surface area contributed by atoms with E-state index in [1.54, 1.807) is 0 Å². The van der Waals surface area contributed by atoms with E-state index in [9.17, 15) is 0 Å². The molecule has 0 bridgehead atoms. The number of hydrogen-bond donors (Lipinski definition) is 0. The quantitative estimate of drug-likeness (QED) is 0.183. The van der Waals surface area contributed by atoms with Gasteiger partial charge in [0.1, 0.15) is 11.3 Å². The highest BCUT2D eigenvalue weighted by Crippen LogP contribution is 2.51. The Balaban J connectivity index is 1.27. The molecule has 0 spiro atoms. The van der Waals surface area contributed by atoms with E-state index in [0.717, 1.165) is 56.2 Å². The maximum Gasteiger partial charge on any atom is 0.179 e. The Labute approximate surface area is 282 Å². The molecule has 0 fully saturated rings. The molecule has 49 heavy (non-hydrogen) atoms. The van der Waals surface area contributed by atoms with Crippen LogP contribution in [0.25, 0.3) is 99.2 Å². The first-order chi connectivity index (χ1) is 24.3. The number of para-hydroxylation sites is 1. The van der Waals surface area contributed by atoms with Crippen molar-refractivity contribution in [3.63, 3.8) is 0 Å². The molecular weight excluding hydrogens is 597 g/mol. The smallest absolute Gasteiger partial charge is 0.179 e. The van der Waals surface area contributed by atoms with E-state index < -0.39 is 0 Å². The first-order valence-corrected chi connectivity index (χ1v) is 16.9. The Morgan fingerprint density at radius 2 is 1.00 bits per heavy atom. The molecule has 228 valence electrons. The molecule has 0 amide bonds. The Morgan fingerprint density at radius 1 is 0.408 bits per heavy atom. The van der Waals surface area contributed by atoms with Gasteiger partial charge in [-0.1, -0.05) is 140 Å². The highest BCUT2D eigenvalue weighted by atomic mass is 16.4. The minimum absolute atomic E-state index is 0.776. The summed E-state index contributed by atoms with van der Waals surface area (Å²) in [4.78, 5) is 0. The van der Waals surface area contributed by atoms with Gasteiger partial charge in [0.2, 0.25) is 0 Å². The van der Waals surface area contributed by atoms with E-state index in [1.165, 1.54) is 60.5 Å². The van der Waals surface area contributed by atoms with Crippen molar-refractivity contribution in [3.8, 4) is 44.7 Å². The zero-order valence-electron chi connectivity index (χ0n) is 26.5. The van der Waals surface area contributed by atoms with Crippen LogP contribution >= 0.6 is 0 Å². The van der Waals surface area contributed by atoms with Crippen LogP contribution in [0.4, 0.5) is 0 Å². The topological polar surface area (TPSA) is 26.3 Å². The zero-order valence-corrected chi connectivity index (χ0v) is 26.5. The predicted octanol–water partition coefficient (Wildman–Crippen LogP) is 13.2. The molecule has 0 aliphatic heterocycles. The fraction of sp³-hybridized carbons (Fsp3) is 0.0213. The summed E-state index contributed by atoms with van der Waals surface area (Å²) in [6, 6.07) is 56.7. The van der Waals surface area contributed by atoms with Crippen molar-refractivity contribution in [2.24, 2.45) is 0 Å². The van der Waals surface area contributed by atoms with E-state index in [0.29, 0.717) is 0 Å². The summed E-state index contributed by atoms with van der Waals surface area (Å²) in [5.41, 5.74) is 13.9. The van der Waals surface area contributed by atoms with Crippen molar-refractivity contribution >= 4 is 54.5 Å². The predicted molar refractivity (Wildman–Crippen MR) is 203 cm³/mol. The minimum Gasteiger partial charge on any atom is -0.452 e. The van der Waals surface area contributed by atoms with E-state index >= 15 is 0 Å². The Hall–Kier alpha value is -6.38. The van der Waals surface area contributed by atoms with E-state index in [1.807, 2.05) is 24.3 Å².